The van der Waals surface area contributed by atoms with Crippen molar-refractivity contribution in [1.82, 2.24) is 10.3 Å². The number of methoxy groups -OCH3 is 1. The average molecular weight is 272 g/mol. The summed E-state index contributed by atoms with van der Waals surface area (Å²) in [5, 5.41) is 13.3. The highest BCUT2D eigenvalue weighted by atomic mass is 16.5. The highest BCUT2D eigenvalue weighted by Crippen LogP contribution is 2.17. The maximum absolute atomic E-state index is 10.1. The van der Waals surface area contributed by atoms with Crippen molar-refractivity contribution < 1.29 is 9.84 Å². The van der Waals surface area contributed by atoms with Crippen molar-refractivity contribution in [1.29, 1.82) is 0 Å². The molecule has 0 bridgehead atoms. The summed E-state index contributed by atoms with van der Waals surface area (Å²) < 4.78 is 5.09. The van der Waals surface area contributed by atoms with Crippen molar-refractivity contribution in [3.63, 3.8) is 0 Å². The molecule has 0 aliphatic heterocycles. The van der Waals surface area contributed by atoms with E-state index >= 15 is 0 Å². The van der Waals surface area contributed by atoms with E-state index in [1.807, 2.05) is 49.5 Å². The van der Waals surface area contributed by atoms with Gasteiger partial charge in [0, 0.05) is 25.0 Å². The van der Waals surface area contributed by atoms with Crippen LogP contribution in [0.2, 0.25) is 0 Å². The molecular formula is C16H20N2O2. The molecule has 1 aromatic carbocycles. The monoisotopic (exact) mass is 272 g/mol. The number of pyridine rings is 1. The minimum Gasteiger partial charge on any atom is -0.497 e. The molecule has 0 fully saturated rings. The Morgan fingerprint density at radius 1 is 1.20 bits per heavy atom. The molecule has 2 N–H and O–H groups in total. The van der Waals surface area contributed by atoms with Gasteiger partial charge in [-0.25, -0.2) is 0 Å². The van der Waals surface area contributed by atoms with Crippen LogP contribution in [0.5, 0.6) is 5.75 Å². The first-order valence-corrected chi connectivity index (χ1v) is 6.63. The van der Waals surface area contributed by atoms with Crippen molar-refractivity contribution in [3.8, 4) is 5.75 Å². The van der Waals surface area contributed by atoms with Crippen LogP contribution < -0.4 is 10.1 Å². The van der Waals surface area contributed by atoms with E-state index in [2.05, 4.69) is 10.3 Å². The Morgan fingerprint density at radius 2 is 1.95 bits per heavy atom. The van der Waals surface area contributed by atoms with Crippen LogP contribution in [0.4, 0.5) is 0 Å². The van der Waals surface area contributed by atoms with Gasteiger partial charge in [-0.1, -0.05) is 18.2 Å². The van der Waals surface area contributed by atoms with Gasteiger partial charge in [-0.2, -0.15) is 0 Å². The first-order valence-electron chi connectivity index (χ1n) is 6.63. The van der Waals surface area contributed by atoms with E-state index in [-0.39, 0.29) is 0 Å². The van der Waals surface area contributed by atoms with Gasteiger partial charge in [-0.15, -0.1) is 0 Å². The van der Waals surface area contributed by atoms with Crippen molar-refractivity contribution >= 4 is 0 Å². The Morgan fingerprint density at radius 3 is 2.55 bits per heavy atom. The lowest BCUT2D eigenvalue weighted by atomic mass is 10.1. The van der Waals surface area contributed by atoms with Crippen LogP contribution in [0.25, 0.3) is 0 Å². The van der Waals surface area contributed by atoms with Gasteiger partial charge in [0.15, 0.2) is 0 Å². The molecule has 0 aliphatic carbocycles. The van der Waals surface area contributed by atoms with E-state index in [1.54, 1.807) is 7.11 Å². The number of nitrogens with zero attached hydrogens (tertiary/aromatic N) is 1. The van der Waals surface area contributed by atoms with Gasteiger partial charge < -0.3 is 15.2 Å². The molecule has 2 aromatic rings. The summed E-state index contributed by atoms with van der Waals surface area (Å²) in [6.07, 6.45) is 1.32. The minimum atomic E-state index is -0.528. The molecule has 1 heterocycles. The second-order valence-electron chi connectivity index (χ2n) is 4.73. The first kappa shape index (κ1) is 14.5. The van der Waals surface area contributed by atoms with Crippen LogP contribution >= 0.6 is 0 Å². The summed E-state index contributed by atoms with van der Waals surface area (Å²) in [5.41, 5.74) is 2.99. The molecule has 4 heteroatoms. The molecule has 20 heavy (non-hydrogen) atoms. The van der Waals surface area contributed by atoms with Crippen LogP contribution in [0.3, 0.4) is 0 Å². The number of ether oxygens (including phenoxy) is 1. The average Bonchev–Trinajstić information content (AvgIpc) is 2.49. The summed E-state index contributed by atoms with van der Waals surface area (Å²) in [6, 6.07) is 11.5. The normalized spacial score (nSPS) is 12.2. The fourth-order valence-corrected chi connectivity index (χ4v) is 1.90. The quantitative estimate of drug-likeness (QED) is 0.846. The van der Waals surface area contributed by atoms with E-state index in [0.717, 1.165) is 22.6 Å². The Kier molecular flexibility index (Phi) is 5.09. The lowest BCUT2D eigenvalue weighted by Gasteiger charge is -2.12. The van der Waals surface area contributed by atoms with Gasteiger partial charge in [0.25, 0.3) is 0 Å². The topological polar surface area (TPSA) is 54.4 Å². The predicted molar refractivity (Wildman–Crippen MR) is 78.6 cm³/mol. The molecule has 0 radical (unpaired) electrons. The van der Waals surface area contributed by atoms with E-state index < -0.39 is 6.10 Å². The maximum atomic E-state index is 10.1. The Bertz CT molecular complexity index is 523. The lowest BCUT2D eigenvalue weighted by Crippen LogP contribution is -2.21. The number of aliphatic hydroxyl groups excluding tert-OH is 1. The van der Waals surface area contributed by atoms with Crippen molar-refractivity contribution in [2.24, 2.45) is 0 Å². The van der Waals surface area contributed by atoms with Gasteiger partial charge in [0.2, 0.25) is 0 Å². The smallest absolute Gasteiger partial charge is 0.118 e. The van der Waals surface area contributed by atoms with Gasteiger partial charge in [-0.3, -0.25) is 4.98 Å². The zero-order chi connectivity index (χ0) is 14.4. The van der Waals surface area contributed by atoms with E-state index in [9.17, 15) is 5.11 Å². The Labute approximate surface area is 119 Å². The molecule has 0 aliphatic rings. The molecule has 0 spiro atoms. The third-order valence-electron chi connectivity index (χ3n) is 3.14. The molecule has 0 saturated carbocycles. The Hall–Kier alpha value is -1.91. The number of hydrogen-bond acceptors (Lipinski definition) is 4. The number of aromatic nitrogens is 1. The summed E-state index contributed by atoms with van der Waals surface area (Å²) in [5.74, 6) is 0.791. The van der Waals surface area contributed by atoms with E-state index in [0.29, 0.717) is 13.1 Å². The zero-order valence-corrected chi connectivity index (χ0v) is 11.8. The molecule has 0 saturated heterocycles. The zero-order valence-electron chi connectivity index (χ0n) is 11.8. The van der Waals surface area contributed by atoms with Crippen LogP contribution in [-0.2, 0) is 6.54 Å². The largest absolute Gasteiger partial charge is 0.497 e. The van der Waals surface area contributed by atoms with Crippen molar-refractivity contribution in [2.75, 3.05) is 13.7 Å². The number of benzene rings is 1. The number of rotatable bonds is 6. The Balaban J connectivity index is 1.82. The molecular weight excluding hydrogens is 252 g/mol. The summed E-state index contributed by atoms with van der Waals surface area (Å²) >= 11 is 0. The molecule has 1 aromatic heterocycles. The number of aliphatic hydroxyl groups is 1. The second-order valence-corrected chi connectivity index (χ2v) is 4.73. The summed E-state index contributed by atoms with van der Waals surface area (Å²) in [4.78, 5) is 4.24. The van der Waals surface area contributed by atoms with Crippen LogP contribution in [0.15, 0.2) is 42.6 Å². The highest BCUT2D eigenvalue weighted by molar-refractivity contribution is 5.28. The van der Waals surface area contributed by atoms with Crippen molar-refractivity contribution in [3.05, 3.63) is 59.4 Å². The first-order chi connectivity index (χ1) is 9.69. The van der Waals surface area contributed by atoms with Crippen LogP contribution in [-0.4, -0.2) is 23.7 Å². The third kappa shape index (κ3) is 4.05. The van der Waals surface area contributed by atoms with Gasteiger partial charge >= 0.3 is 0 Å². The molecule has 1 unspecified atom stereocenters. The second kappa shape index (κ2) is 7.03. The number of aryl methyl sites for hydroxylation is 1. The fourth-order valence-electron chi connectivity index (χ4n) is 1.90. The predicted octanol–water partition coefficient (Wildman–Crippen LogP) is 2.22. The fraction of sp³-hybridized carbons (Fsp3) is 0.312. The van der Waals surface area contributed by atoms with Crippen LogP contribution in [0.1, 0.15) is 22.9 Å². The van der Waals surface area contributed by atoms with Crippen LogP contribution in [0, 0.1) is 6.92 Å². The SMILES string of the molecule is COc1ccc(C(O)CNCc2ccc(C)nc2)cc1. The molecule has 0 amide bonds. The maximum Gasteiger partial charge on any atom is 0.118 e. The lowest BCUT2D eigenvalue weighted by molar-refractivity contribution is 0.174. The number of hydrogen-bond donors (Lipinski definition) is 2. The van der Waals surface area contributed by atoms with Gasteiger partial charge in [0.1, 0.15) is 5.75 Å². The molecule has 4 nitrogen and oxygen atoms in total. The summed E-state index contributed by atoms with van der Waals surface area (Å²) in [7, 11) is 1.63. The highest BCUT2D eigenvalue weighted by Gasteiger charge is 2.07. The molecule has 1 atom stereocenters. The van der Waals surface area contributed by atoms with E-state index in [4.69, 9.17) is 4.74 Å². The third-order valence-corrected chi connectivity index (χ3v) is 3.14. The van der Waals surface area contributed by atoms with Gasteiger partial charge in [-0.05, 0) is 36.2 Å². The minimum absolute atomic E-state index is 0.500. The van der Waals surface area contributed by atoms with Crippen molar-refractivity contribution in [2.45, 2.75) is 19.6 Å². The van der Waals surface area contributed by atoms with Gasteiger partial charge in [0.05, 0.1) is 13.2 Å². The molecule has 106 valence electrons. The summed E-state index contributed by atoms with van der Waals surface area (Å²) in [6.45, 7) is 3.16. The standard InChI is InChI=1S/C16H20N2O2/c1-12-3-4-13(10-18-12)9-17-11-16(19)14-5-7-15(20-2)8-6-14/h3-8,10,16-17,19H,9,11H2,1-2H3. The molecule has 2 rings (SSSR count). The van der Waals surface area contributed by atoms with E-state index in [1.165, 1.54) is 0 Å². The number of nitrogens with one attached hydrogen (secondary N) is 1.